The van der Waals surface area contributed by atoms with Crippen molar-refractivity contribution in [1.82, 2.24) is 15.5 Å². The number of urea groups is 1. The molecule has 3 N–H and O–H groups in total. The van der Waals surface area contributed by atoms with Gasteiger partial charge in [0.2, 0.25) is 0 Å². The summed E-state index contributed by atoms with van der Waals surface area (Å²) in [7, 11) is 3.53. The van der Waals surface area contributed by atoms with Gasteiger partial charge in [-0.25, -0.2) is 4.79 Å². The lowest BCUT2D eigenvalue weighted by Gasteiger charge is -2.44. The maximum absolute atomic E-state index is 13.2. The van der Waals surface area contributed by atoms with Gasteiger partial charge in [0.1, 0.15) is 5.60 Å². The summed E-state index contributed by atoms with van der Waals surface area (Å²) in [4.78, 5) is 15.0. The number of nitrogens with one attached hydrogen (secondary N) is 2. The molecule has 37 heavy (non-hydrogen) atoms. The molecule has 2 aromatic rings. The molecule has 1 fully saturated rings. The van der Waals surface area contributed by atoms with E-state index in [0.717, 1.165) is 47.1 Å². The zero-order chi connectivity index (χ0) is 26.8. The van der Waals surface area contributed by atoms with Crippen LogP contribution in [0.15, 0.2) is 73.3 Å². The topological polar surface area (TPSA) is 73.8 Å². The van der Waals surface area contributed by atoms with Crippen LogP contribution in [0.1, 0.15) is 36.8 Å². The van der Waals surface area contributed by atoms with Gasteiger partial charge in [0, 0.05) is 39.3 Å². The molecule has 0 saturated carbocycles. The quantitative estimate of drug-likeness (QED) is 0.280. The van der Waals surface area contributed by atoms with Crippen LogP contribution in [0.2, 0.25) is 0 Å². The molecule has 3 rings (SSSR count). The van der Waals surface area contributed by atoms with E-state index in [1.54, 1.807) is 13.2 Å². The van der Waals surface area contributed by atoms with Crippen LogP contribution in [0, 0.1) is 12.8 Å². The number of rotatable bonds is 12. The minimum absolute atomic E-state index is 0.135. The highest BCUT2D eigenvalue weighted by molar-refractivity contribution is 5.75. The summed E-state index contributed by atoms with van der Waals surface area (Å²) in [6.45, 7) is 12.6. The van der Waals surface area contributed by atoms with Crippen LogP contribution < -0.4 is 10.6 Å². The maximum atomic E-state index is 13.2. The highest BCUT2D eigenvalue weighted by Gasteiger charge is 2.44. The van der Waals surface area contributed by atoms with Gasteiger partial charge >= 0.3 is 6.03 Å². The fraction of sp³-hybridized carbons (Fsp3) is 0.452. The van der Waals surface area contributed by atoms with E-state index in [4.69, 9.17) is 4.74 Å². The second kappa shape index (κ2) is 13.6. The third-order valence-corrected chi connectivity index (χ3v) is 7.35. The van der Waals surface area contributed by atoms with Crippen molar-refractivity contribution in [3.8, 4) is 11.1 Å². The first-order chi connectivity index (χ1) is 17.8. The molecule has 0 aromatic heterocycles. The first-order valence-electron chi connectivity index (χ1n) is 13.2. The van der Waals surface area contributed by atoms with Crippen molar-refractivity contribution in [3.05, 3.63) is 84.5 Å². The van der Waals surface area contributed by atoms with Crippen LogP contribution in [0.3, 0.4) is 0 Å². The number of aryl methyl sites for hydroxylation is 1. The van der Waals surface area contributed by atoms with Gasteiger partial charge in [-0.1, -0.05) is 66.7 Å². The van der Waals surface area contributed by atoms with Gasteiger partial charge < -0.3 is 25.4 Å². The number of likely N-dealkylation sites (N-methyl/N-ethyl adjacent to an activating group) is 1. The number of ether oxygens (including phenoxy) is 1. The van der Waals surface area contributed by atoms with Gasteiger partial charge in [-0.05, 0) is 61.9 Å². The fourth-order valence-corrected chi connectivity index (χ4v) is 5.37. The van der Waals surface area contributed by atoms with E-state index in [0.29, 0.717) is 32.7 Å². The Kier molecular flexibility index (Phi) is 10.5. The van der Waals surface area contributed by atoms with Crippen LogP contribution in [0.4, 0.5) is 4.79 Å². The summed E-state index contributed by atoms with van der Waals surface area (Å²) in [5, 5.41) is 18.8. The minimum Gasteiger partial charge on any atom is -0.385 e. The molecule has 1 heterocycles. The minimum atomic E-state index is -1.30. The summed E-state index contributed by atoms with van der Waals surface area (Å²) < 4.78 is 5.28. The molecule has 0 aliphatic carbocycles. The number of hydrogen-bond acceptors (Lipinski definition) is 4. The monoisotopic (exact) mass is 505 g/mol. The molecule has 1 aliphatic heterocycles. The van der Waals surface area contributed by atoms with E-state index < -0.39 is 5.60 Å². The largest absolute Gasteiger partial charge is 0.385 e. The lowest BCUT2D eigenvalue weighted by Crippen LogP contribution is -2.53. The van der Waals surface area contributed by atoms with Crippen LogP contribution in [-0.2, 0) is 10.3 Å². The zero-order valence-electron chi connectivity index (χ0n) is 22.6. The second-order valence-corrected chi connectivity index (χ2v) is 10.0. The maximum Gasteiger partial charge on any atom is 0.317 e. The summed E-state index contributed by atoms with van der Waals surface area (Å²) >= 11 is 0. The number of aliphatic hydroxyl groups is 1. The van der Waals surface area contributed by atoms with Crippen molar-refractivity contribution in [2.24, 2.45) is 5.92 Å². The number of carbonyl (C=O) groups is 1. The first kappa shape index (κ1) is 28.6. The molecule has 6 heteroatoms. The average molecular weight is 506 g/mol. The van der Waals surface area contributed by atoms with Crippen molar-refractivity contribution in [1.29, 1.82) is 0 Å². The van der Waals surface area contributed by atoms with E-state index in [1.165, 1.54) is 0 Å². The van der Waals surface area contributed by atoms with Crippen molar-refractivity contribution in [2.75, 3.05) is 40.4 Å². The SMILES string of the molecule is C=C[C@@H](CNC)NC(=O)N1CCC[C@@H]([C@@](O)(C(=C)CCCOC)c2ccccc2-c2cccc(C)c2)C1. The van der Waals surface area contributed by atoms with Crippen molar-refractivity contribution >= 4 is 6.03 Å². The van der Waals surface area contributed by atoms with E-state index in [9.17, 15) is 9.90 Å². The number of amides is 2. The summed E-state index contributed by atoms with van der Waals surface area (Å²) in [6, 6.07) is 16.1. The molecule has 3 atom stereocenters. The summed E-state index contributed by atoms with van der Waals surface area (Å²) in [5.41, 5.74) is 3.52. The van der Waals surface area contributed by atoms with Crippen molar-refractivity contribution in [2.45, 2.75) is 44.2 Å². The van der Waals surface area contributed by atoms with Crippen molar-refractivity contribution in [3.63, 3.8) is 0 Å². The van der Waals surface area contributed by atoms with Gasteiger partial charge in [-0.3, -0.25) is 0 Å². The van der Waals surface area contributed by atoms with Gasteiger partial charge in [0.15, 0.2) is 0 Å². The van der Waals surface area contributed by atoms with Gasteiger partial charge in [0.25, 0.3) is 0 Å². The molecule has 2 aromatic carbocycles. The Balaban J connectivity index is 1.99. The lowest BCUT2D eigenvalue weighted by molar-refractivity contribution is -0.0182. The summed E-state index contributed by atoms with van der Waals surface area (Å²) in [6.07, 6.45) is 4.75. The number of benzene rings is 2. The van der Waals surface area contributed by atoms with Crippen LogP contribution in [0.25, 0.3) is 11.1 Å². The molecular formula is C31H43N3O3. The van der Waals surface area contributed by atoms with E-state index in [1.807, 2.05) is 36.2 Å². The third-order valence-electron chi connectivity index (χ3n) is 7.35. The Labute approximate surface area is 222 Å². The molecule has 0 radical (unpaired) electrons. The van der Waals surface area contributed by atoms with E-state index in [2.05, 4.69) is 55.0 Å². The number of likely N-dealkylation sites (tertiary alicyclic amines) is 1. The highest BCUT2D eigenvalue weighted by Crippen LogP contribution is 2.45. The normalized spacial score (nSPS) is 18.1. The number of hydrogen-bond donors (Lipinski definition) is 3. The first-order valence-corrected chi connectivity index (χ1v) is 13.2. The molecule has 1 saturated heterocycles. The molecule has 0 spiro atoms. The predicted octanol–water partition coefficient (Wildman–Crippen LogP) is 5.03. The second-order valence-electron chi connectivity index (χ2n) is 10.0. The Morgan fingerprint density at radius 2 is 2.08 bits per heavy atom. The highest BCUT2D eigenvalue weighted by atomic mass is 16.5. The Morgan fingerprint density at radius 1 is 1.30 bits per heavy atom. The Hall–Kier alpha value is -2.93. The van der Waals surface area contributed by atoms with Crippen LogP contribution >= 0.6 is 0 Å². The van der Waals surface area contributed by atoms with Gasteiger partial charge in [-0.15, -0.1) is 6.58 Å². The van der Waals surface area contributed by atoms with E-state index >= 15 is 0 Å². The van der Waals surface area contributed by atoms with E-state index in [-0.39, 0.29) is 18.0 Å². The van der Waals surface area contributed by atoms with Gasteiger partial charge in [0.05, 0.1) is 6.04 Å². The van der Waals surface area contributed by atoms with Crippen LogP contribution in [0.5, 0.6) is 0 Å². The fourth-order valence-electron chi connectivity index (χ4n) is 5.37. The number of nitrogens with zero attached hydrogens (tertiary/aromatic N) is 1. The zero-order valence-corrected chi connectivity index (χ0v) is 22.6. The molecule has 2 amide bonds. The molecule has 0 bridgehead atoms. The standard InChI is InChI=1S/C31H43N3O3/c1-6-27(21-32-4)33-30(35)34-18-10-15-26(22-34)31(36,24(3)13-11-19-37-5)29-17-8-7-16-28(29)25-14-9-12-23(2)20-25/h6-9,12,14,16-17,20,26-27,32,36H,1,3,10-11,13,15,18-19,21-22H2,2,4-5H3,(H,33,35)/t26-,27+,31+/m1/s1. The third kappa shape index (κ3) is 6.89. The molecule has 1 aliphatic rings. The smallest absolute Gasteiger partial charge is 0.317 e. The van der Waals surface area contributed by atoms with Crippen molar-refractivity contribution < 1.29 is 14.6 Å². The molecule has 0 unspecified atom stereocenters. The summed E-state index contributed by atoms with van der Waals surface area (Å²) in [5.74, 6) is -0.195. The lowest BCUT2D eigenvalue weighted by atomic mass is 9.70. The average Bonchev–Trinajstić information content (AvgIpc) is 2.92. The molecule has 6 nitrogen and oxygen atoms in total. The Morgan fingerprint density at radius 3 is 2.78 bits per heavy atom. The van der Waals surface area contributed by atoms with Crippen LogP contribution in [-0.4, -0.2) is 62.5 Å². The molecular weight excluding hydrogens is 462 g/mol. The Bertz CT molecular complexity index is 1070. The predicted molar refractivity (Wildman–Crippen MR) is 152 cm³/mol. The number of carbonyl (C=O) groups excluding carboxylic acids is 1. The molecule has 200 valence electrons. The number of piperidine rings is 1. The number of methoxy groups -OCH3 is 1. The van der Waals surface area contributed by atoms with Gasteiger partial charge in [-0.2, -0.15) is 0 Å².